The molecule has 0 amide bonds. The number of hydrogen-bond donors (Lipinski definition) is 1. The van der Waals surface area contributed by atoms with Crippen LogP contribution in [0, 0.1) is 29.6 Å². The van der Waals surface area contributed by atoms with E-state index in [4.69, 9.17) is 4.74 Å². The molecule has 18 heavy (non-hydrogen) atoms. The summed E-state index contributed by atoms with van der Waals surface area (Å²) in [5.74, 6) is 1.52. The van der Waals surface area contributed by atoms with Crippen LogP contribution in [0.3, 0.4) is 0 Å². The molecule has 4 bridgehead atoms. The number of carbonyl (C=O) groups is 1. The standard InChI is InChI=1S/C15H24O3/c1-3-18-15-7-10-4-11(8-15)6-12(5-10)13(15)9(2)14(16)17/h9-13H,3-8H2,1-2H3,(H,16,17). The molecular formula is C15H24O3. The molecule has 0 heterocycles. The maximum atomic E-state index is 11.4. The van der Waals surface area contributed by atoms with Crippen LogP contribution < -0.4 is 0 Å². The van der Waals surface area contributed by atoms with E-state index < -0.39 is 5.97 Å². The van der Waals surface area contributed by atoms with Crippen LogP contribution in [0.25, 0.3) is 0 Å². The van der Waals surface area contributed by atoms with Gasteiger partial charge in [0.1, 0.15) is 0 Å². The molecule has 4 unspecified atom stereocenters. The van der Waals surface area contributed by atoms with Gasteiger partial charge in [0.15, 0.2) is 0 Å². The lowest BCUT2D eigenvalue weighted by molar-refractivity contribution is -0.216. The largest absolute Gasteiger partial charge is 0.481 e. The minimum Gasteiger partial charge on any atom is -0.481 e. The van der Waals surface area contributed by atoms with Gasteiger partial charge in [-0.25, -0.2) is 0 Å². The van der Waals surface area contributed by atoms with E-state index in [9.17, 15) is 9.90 Å². The van der Waals surface area contributed by atoms with Gasteiger partial charge in [0.05, 0.1) is 11.5 Å². The Labute approximate surface area is 109 Å². The fourth-order valence-electron chi connectivity index (χ4n) is 5.52. The fourth-order valence-corrected chi connectivity index (χ4v) is 5.52. The van der Waals surface area contributed by atoms with Crippen molar-refractivity contribution in [2.45, 2.75) is 51.6 Å². The van der Waals surface area contributed by atoms with Crippen molar-refractivity contribution in [3.8, 4) is 0 Å². The summed E-state index contributed by atoms with van der Waals surface area (Å²) in [6, 6.07) is 0. The van der Waals surface area contributed by atoms with E-state index in [0.29, 0.717) is 5.92 Å². The number of carboxylic acids is 1. The Balaban J connectivity index is 1.93. The minimum atomic E-state index is -0.647. The lowest BCUT2D eigenvalue weighted by Crippen LogP contribution is -2.61. The summed E-state index contributed by atoms with van der Waals surface area (Å²) in [5.41, 5.74) is -0.110. The quantitative estimate of drug-likeness (QED) is 0.836. The summed E-state index contributed by atoms with van der Waals surface area (Å²) in [6.45, 7) is 4.64. The molecule has 0 aliphatic heterocycles. The van der Waals surface area contributed by atoms with Crippen LogP contribution in [0.1, 0.15) is 46.0 Å². The monoisotopic (exact) mass is 252 g/mol. The van der Waals surface area contributed by atoms with Crippen LogP contribution in [0.15, 0.2) is 0 Å². The van der Waals surface area contributed by atoms with Crippen molar-refractivity contribution in [1.29, 1.82) is 0 Å². The Kier molecular flexibility index (Phi) is 2.92. The molecule has 0 spiro atoms. The van der Waals surface area contributed by atoms with E-state index in [1.807, 2.05) is 13.8 Å². The average Bonchev–Trinajstić information content (AvgIpc) is 2.26. The van der Waals surface area contributed by atoms with Gasteiger partial charge in [-0.05, 0) is 56.8 Å². The zero-order chi connectivity index (χ0) is 12.9. The van der Waals surface area contributed by atoms with Gasteiger partial charge >= 0.3 is 5.97 Å². The van der Waals surface area contributed by atoms with Gasteiger partial charge in [0.25, 0.3) is 0 Å². The third kappa shape index (κ3) is 1.70. The van der Waals surface area contributed by atoms with E-state index in [1.54, 1.807) is 0 Å². The third-order valence-electron chi connectivity index (χ3n) is 5.68. The number of hydrogen-bond acceptors (Lipinski definition) is 2. The molecule has 3 nitrogen and oxygen atoms in total. The van der Waals surface area contributed by atoms with Gasteiger partial charge < -0.3 is 9.84 Å². The van der Waals surface area contributed by atoms with Crippen molar-refractivity contribution in [1.82, 2.24) is 0 Å². The van der Waals surface area contributed by atoms with Gasteiger partial charge in [-0.1, -0.05) is 6.92 Å². The molecule has 4 aliphatic rings. The summed E-state index contributed by atoms with van der Waals surface area (Å²) < 4.78 is 6.16. The van der Waals surface area contributed by atoms with Crippen molar-refractivity contribution in [2.75, 3.05) is 6.61 Å². The van der Waals surface area contributed by atoms with E-state index >= 15 is 0 Å². The van der Waals surface area contributed by atoms with E-state index in [2.05, 4.69) is 0 Å². The highest BCUT2D eigenvalue weighted by atomic mass is 16.5. The highest BCUT2D eigenvalue weighted by Gasteiger charge is 2.59. The number of ether oxygens (including phenoxy) is 1. The Morgan fingerprint density at radius 3 is 2.44 bits per heavy atom. The van der Waals surface area contributed by atoms with Crippen LogP contribution in [-0.4, -0.2) is 23.3 Å². The normalized spacial score (nSPS) is 47.2. The first-order valence-corrected chi connectivity index (χ1v) is 7.42. The van der Waals surface area contributed by atoms with Crippen molar-refractivity contribution in [3.63, 3.8) is 0 Å². The Bertz CT molecular complexity index is 338. The summed E-state index contributed by atoms with van der Waals surface area (Å²) in [7, 11) is 0. The highest BCUT2D eigenvalue weighted by molar-refractivity contribution is 5.70. The molecule has 0 aromatic heterocycles. The Morgan fingerprint density at radius 1 is 1.33 bits per heavy atom. The first-order chi connectivity index (χ1) is 8.55. The van der Waals surface area contributed by atoms with Crippen molar-refractivity contribution in [3.05, 3.63) is 0 Å². The molecule has 4 saturated carbocycles. The molecular weight excluding hydrogens is 228 g/mol. The molecule has 0 saturated heterocycles. The maximum absolute atomic E-state index is 11.4. The molecule has 4 atom stereocenters. The van der Waals surface area contributed by atoms with Crippen molar-refractivity contribution in [2.24, 2.45) is 29.6 Å². The van der Waals surface area contributed by atoms with Gasteiger partial charge in [-0.3, -0.25) is 4.79 Å². The minimum absolute atomic E-state index is 0.110. The molecule has 4 fully saturated rings. The molecule has 1 N–H and O–H groups in total. The zero-order valence-corrected chi connectivity index (χ0v) is 11.4. The van der Waals surface area contributed by atoms with Crippen LogP contribution in [0.2, 0.25) is 0 Å². The van der Waals surface area contributed by atoms with E-state index in [0.717, 1.165) is 31.3 Å². The smallest absolute Gasteiger partial charge is 0.306 e. The van der Waals surface area contributed by atoms with Crippen molar-refractivity contribution < 1.29 is 14.6 Å². The molecule has 4 rings (SSSR count). The summed E-state index contributed by atoms with van der Waals surface area (Å²) in [5, 5.41) is 9.39. The summed E-state index contributed by atoms with van der Waals surface area (Å²) in [4.78, 5) is 11.4. The molecule has 3 heteroatoms. The second-order valence-corrected chi connectivity index (χ2v) is 6.76. The Hall–Kier alpha value is -0.570. The molecule has 0 aromatic carbocycles. The number of rotatable bonds is 4. The second kappa shape index (κ2) is 4.22. The van der Waals surface area contributed by atoms with Crippen LogP contribution in [0.5, 0.6) is 0 Å². The highest BCUT2D eigenvalue weighted by Crippen LogP contribution is 2.61. The van der Waals surface area contributed by atoms with Gasteiger partial charge in [-0.2, -0.15) is 0 Å². The first-order valence-electron chi connectivity index (χ1n) is 7.42. The molecule has 0 aromatic rings. The van der Waals surface area contributed by atoms with Crippen LogP contribution >= 0.6 is 0 Å². The lowest BCUT2D eigenvalue weighted by Gasteiger charge is -2.61. The lowest BCUT2D eigenvalue weighted by atomic mass is 9.47. The predicted molar refractivity (Wildman–Crippen MR) is 68.2 cm³/mol. The van der Waals surface area contributed by atoms with Gasteiger partial charge in [0.2, 0.25) is 0 Å². The maximum Gasteiger partial charge on any atom is 0.306 e. The van der Waals surface area contributed by atoms with E-state index in [1.165, 1.54) is 19.3 Å². The summed E-state index contributed by atoms with van der Waals surface area (Å²) >= 11 is 0. The average molecular weight is 252 g/mol. The fraction of sp³-hybridized carbons (Fsp3) is 0.933. The van der Waals surface area contributed by atoms with E-state index in [-0.39, 0.29) is 17.4 Å². The topological polar surface area (TPSA) is 46.5 Å². The first kappa shape index (κ1) is 12.5. The molecule has 102 valence electrons. The SMILES string of the molecule is CCOC12CC3CC(CC(C3)C1C(C)C(=O)O)C2. The number of carboxylic acid groups (broad SMARTS) is 1. The van der Waals surface area contributed by atoms with Gasteiger partial charge in [0, 0.05) is 12.5 Å². The zero-order valence-electron chi connectivity index (χ0n) is 11.4. The Morgan fingerprint density at radius 2 is 1.94 bits per heavy atom. The number of aliphatic carboxylic acids is 1. The van der Waals surface area contributed by atoms with Crippen LogP contribution in [0.4, 0.5) is 0 Å². The predicted octanol–water partition coefficient (Wildman–Crippen LogP) is 2.94. The second-order valence-electron chi connectivity index (χ2n) is 6.76. The third-order valence-corrected chi connectivity index (χ3v) is 5.68. The van der Waals surface area contributed by atoms with Crippen LogP contribution in [-0.2, 0) is 9.53 Å². The van der Waals surface area contributed by atoms with Crippen molar-refractivity contribution >= 4 is 5.97 Å². The molecule has 4 aliphatic carbocycles. The summed E-state index contributed by atoms with van der Waals surface area (Å²) in [6.07, 6.45) is 6.06. The molecule has 0 radical (unpaired) electrons. The van der Waals surface area contributed by atoms with Gasteiger partial charge in [-0.15, -0.1) is 0 Å².